The Bertz CT molecular complexity index is 709. The second kappa shape index (κ2) is 5.81. The lowest BCUT2D eigenvalue weighted by molar-refractivity contribution is 0.0727. The molecule has 4 rings (SSSR count). The van der Waals surface area contributed by atoms with Crippen LogP contribution in [0.4, 0.5) is 0 Å². The number of hydrogen-bond acceptors (Lipinski definition) is 3. The second-order valence-electron chi connectivity index (χ2n) is 6.58. The molecule has 0 saturated carbocycles. The van der Waals surface area contributed by atoms with Crippen LogP contribution in [0.1, 0.15) is 46.2 Å². The van der Waals surface area contributed by atoms with E-state index in [4.69, 9.17) is 0 Å². The number of amides is 1. The smallest absolute Gasteiger partial charge is 0.275 e. The molecule has 1 N–H and O–H groups in total. The van der Waals surface area contributed by atoms with Crippen LogP contribution in [0.15, 0.2) is 30.3 Å². The van der Waals surface area contributed by atoms with Crippen LogP contribution in [-0.2, 0) is 13.0 Å². The van der Waals surface area contributed by atoms with Gasteiger partial charge in [0.2, 0.25) is 0 Å². The Kier molecular flexibility index (Phi) is 3.65. The van der Waals surface area contributed by atoms with Gasteiger partial charge >= 0.3 is 0 Å². The van der Waals surface area contributed by atoms with Crippen molar-refractivity contribution in [3.8, 4) is 0 Å². The minimum atomic E-state index is 0.0733. The van der Waals surface area contributed by atoms with E-state index >= 15 is 0 Å². The number of nitrogens with one attached hydrogen (secondary N) is 1. The van der Waals surface area contributed by atoms with E-state index in [1.807, 2.05) is 23.1 Å². The third-order valence-electron chi connectivity index (χ3n) is 5.02. The van der Waals surface area contributed by atoms with Crippen LogP contribution >= 0.6 is 0 Å². The summed E-state index contributed by atoms with van der Waals surface area (Å²) < 4.78 is 0. The fourth-order valence-electron chi connectivity index (χ4n) is 3.77. The average molecular weight is 310 g/mol. The molecule has 0 spiro atoms. The predicted molar refractivity (Wildman–Crippen MR) is 88.1 cm³/mol. The molecule has 5 nitrogen and oxygen atoms in total. The lowest BCUT2D eigenvalue weighted by Crippen LogP contribution is -2.33. The molecule has 1 aromatic carbocycles. The first-order valence-electron chi connectivity index (χ1n) is 8.34. The van der Waals surface area contributed by atoms with E-state index in [1.165, 1.54) is 5.56 Å². The van der Waals surface area contributed by atoms with Crippen LogP contribution in [0.5, 0.6) is 0 Å². The first kappa shape index (κ1) is 14.5. The minimum Gasteiger partial charge on any atom is -0.330 e. The van der Waals surface area contributed by atoms with Gasteiger partial charge in [0.25, 0.3) is 5.91 Å². The van der Waals surface area contributed by atoms with Gasteiger partial charge in [-0.2, -0.15) is 5.10 Å². The van der Waals surface area contributed by atoms with Gasteiger partial charge in [-0.05, 0) is 25.5 Å². The summed E-state index contributed by atoms with van der Waals surface area (Å²) >= 11 is 0. The SMILES string of the molecule is CN1CCc2[nH]nc(C(=O)N3CCC[C@H]3c3ccccc3)c2C1. The Balaban J connectivity index is 1.63. The van der Waals surface area contributed by atoms with E-state index in [0.29, 0.717) is 5.69 Å². The standard InChI is InChI=1S/C18H22N4O/c1-21-11-9-15-14(12-21)17(20-19-15)18(23)22-10-5-8-16(22)13-6-3-2-4-7-13/h2-4,6-7,16H,5,8-12H2,1H3,(H,19,20)/t16-/m0/s1. The zero-order valence-corrected chi connectivity index (χ0v) is 13.5. The summed E-state index contributed by atoms with van der Waals surface area (Å²) in [5.41, 5.74) is 4.05. The number of rotatable bonds is 2. The Morgan fingerprint density at radius 1 is 1.26 bits per heavy atom. The molecule has 3 heterocycles. The number of fused-ring (bicyclic) bond motifs is 1. The number of likely N-dealkylation sites (N-methyl/N-ethyl adjacent to an activating group) is 1. The molecule has 1 saturated heterocycles. The molecular formula is C18H22N4O. The number of H-pyrrole nitrogens is 1. The van der Waals surface area contributed by atoms with Crippen molar-refractivity contribution >= 4 is 5.91 Å². The van der Waals surface area contributed by atoms with Gasteiger partial charge in [-0.1, -0.05) is 30.3 Å². The van der Waals surface area contributed by atoms with Crippen molar-refractivity contribution in [3.63, 3.8) is 0 Å². The topological polar surface area (TPSA) is 52.2 Å². The van der Waals surface area contributed by atoms with Crippen molar-refractivity contribution in [3.05, 3.63) is 52.8 Å². The van der Waals surface area contributed by atoms with Crippen molar-refractivity contribution in [2.45, 2.75) is 31.8 Å². The minimum absolute atomic E-state index is 0.0733. The number of likely N-dealkylation sites (tertiary alicyclic amines) is 1. The number of carbonyl (C=O) groups excluding carboxylic acids is 1. The molecule has 0 radical (unpaired) electrons. The maximum Gasteiger partial charge on any atom is 0.275 e. The van der Waals surface area contributed by atoms with Gasteiger partial charge in [0.05, 0.1) is 6.04 Å². The normalized spacial score (nSPS) is 21.4. The first-order chi connectivity index (χ1) is 11.2. The summed E-state index contributed by atoms with van der Waals surface area (Å²) in [6.07, 6.45) is 3.02. The van der Waals surface area contributed by atoms with Crippen LogP contribution in [0, 0.1) is 0 Å². The Labute approximate surface area is 136 Å². The fraction of sp³-hybridized carbons (Fsp3) is 0.444. The largest absolute Gasteiger partial charge is 0.330 e. The van der Waals surface area contributed by atoms with Gasteiger partial charge < -0.3 is 9.80 Å². The Hall–Kier alpha value is -2.14. The highest BCUT2D eigenvalue weighted by Gasteiger charge is 2.34. The fourth-order valence-corrected chi connectivity index (χ4v) is 3.77. The third-order valence-corrected chi connectivity index (χ3v) is 5.02. The van der Waals surface area contributed by atoms with E-state index in [9.17, 15) is 4.79 Å². The molecule has 0 unspecified atom stereocenters. The summed E-state index contributed by atoms with van der Waals surface area (Å²) in [5, 5.41) is 7.44. The Morgan fingerprint density at radius 3 is 2.91 bits per heavy atom. The van der Waals surface area contributed by atoms with Crippen molar-refractivity contribution in [2.75, 3.05) is 20.1 Å². The molecule has 5 heteroatoms. The molecule has 0 bridgehead atoms. The lowest BCUT2D eigenvalue weighted by atomic mass is 10.0. The molecule has 1 fully saturated rings. The maximum absolute atomic E-state index is 13.1. The van der Waals surface area contributed by atoms with Gasteiger partial charge in [-0.3, -0.25) is 9.89 Å². The molecular weight excluding hydrogens is 288 g/mol. The molecule has 1 amide bonds. The van der Waals surface area contributed by atoms with Crippen LogP contribution in [-0.4, -0.2) is 46.0 Å². The highest BCUT2D eigenvalue weighted by molar-refractivity contribution is 5.94. The summed E-state index contributed by atoms with van der Waals surface area (Å²) in [4.78, 5) is 17.3. The van der Waals surface area contributed by atoms with E-state index < -0.39 is 0 Å². The monoisotopic (exact) mass is 310 g/mol. The van der Waals surface area contributed by atoms with Gasteiger partial charge in [-0.25, -0.2) is 0 Å². The van der Waals surface area contributed by atoms with E-state index in [2.05, 4.69) is 34.3 Å². The molecule has 1 atom stereocenters. The van der Waals surface area contributed by atoms with Gasteiger partial charge in [0, 0.05) is 37.3 Å². The van der Waals surface area contributed by atoms with E-state index in [0.717, 1.165) is 50.2 Å². The van der Waals surface area contributed by atoms with Crippen molar-refractivity contribution in [2.24, 2.45) is 0 Å². The molecule has 2 aromatic rings. The van der Waals surface area contributed by atoms with Crippen LogP contribution in [0.3, 0.4) is 0 Å². The van der Waals surface area contributed by atoms with Crippen LogP contribution in [0.25, 0.3) is 0 Å². The summed E-state index contributed by atoms with van der Waals surface area (Å²) in [7, 11) is 2.09. The van der Waals surface area contributed by atoms with Gasteiger partial charge in [0.1, 0.15) is 0 Å². The number of nitrogens with zero attached hydrogens (tertiary/aromatic N) is 3. The number of benzene rings is 1. The number of aromatic amines is 1. The average Bonchev–Trinajstić information content (AvgIpc) is 3.21. The molecule has 23 heavy (non-hydrogen) atoms. The van der Waals surface area contributed by atoms with Crippen molar-refractivity contribution < 1.29 is 4.79 Å². The number of hydrogen-bond donors (Lipinski definition) is 1. The zero-order valence-electron chi connectivity index (χ0n) is 13.5. The van der Waals surface area contributed by atoms with Crippen molar-refractivity contribution in [1.29, 1.82) is 0 Å². The summed E-state index contributed by atoms with van der Waals surface area (Å²) in [6, 6.07) is 10.5. The molecule has 120 valence electrons. The number of carbonyl (C=O) groups is 1. The highest BCUT2D eigenvalue weighted by atomic mass is 16.2. The quantitative estimate of drug-likeness (QED) is 0.926. The maximum atomic E-state index is 13.1. The number of aromatic nitrogens is 2. The van der Waals surface area contributed by atoms with Crippen molar-refractivity contribution in [1.82, 2.24) is 20.0 Å². The third kappa shape index (κ3) is 2.55. The molecule has 1 aromatic heterocycles. The molecule has 0 aliphatic carbocycles. The summed E-state index contributed by atoms with van der Waals surface area (Å²) in [6.45, 7) is 2.63. The highest BCUT2D eigenvalue weighted by Crippen LogP contribution is 2.33. The molecule has 2 aliphatic heterocycles. The Morgan fingerprint density at radius 2 is 2.09 bits per heavy atom. The van der Waals surface area contributed by atoms with Gasteiger partial charge in [0.15, 0.2) is 5.69 Å². The van der Waals surface area contributed by atoms with Crippen LogP contribution < -0.4 is 0 Å². The van der Waals surface area contributed by atoms with E-state index in [-0.39, 0.29) is 11.9 Å². The zero-order chi connectivity index (χ0) is 15.8. The predicted octanol–water partition coefficient (Wildman–Crippen LogP) is 2.37. The first-order valence-corrected chi connectivity index (χ1v) is 8.34. The summed E-state index contributed by atoms with van der Waals surface area (Å²) in [5.74, 6) is 0.0733. The molecule has 2 aliphatic rings. The van der Waals surface area contributed by atoms with E-state index in [1.54, 1.807) is 0 Å². The van der Waals surface area contributed by atoms with Crippen LogP contribution in [0.2, 0.25) is 0 Å². The second-order valence-corrected chi connectivity index (χ2v) is 6.58. The lowest BCUT2D eigenvalue weighted by Gasteiger charge is -2.26. The van der Waals surface area contributed by atoms with Gasteiger partial charge in [-0.15, -0.1) is 0 Å².